The molecule has 5 heteroatoms. The number of nitrogens with two attached hydrogens (primary N) is 1. The predicted molar refractivity (Wildman–Crippen MR) is 70.2 cm³/mol. The molecule has 18 heavy (non-hydrogen) atoms. The van der Waals surface area contributed by atoms with Crippen molar-refractivity contribution in [1.82, 2.24) is 10.5 Å². The first kappa shape index (κ1) is 14.7. The normalized spacial score (nSPS) is 12.4. The van der Waals surface area contributed by atoms with E-state index in [-0.39, 0.29) is 11.9 Å². The molecule has 0 saturated heterocycles. The van der Waals surface area contributed by atoms with Crippen molar-refractivity contribution >= 4 is 5.91 Å². The van der Waals surface area contributed by atoms with Crippen molar-refractivity contribution in [1.29, 1.82) is 0 Å². The molecule has 0 radical (unpaired) electrons. The monoisotopic (exact) mass is 253 g/mol. The van der Waals surface area contributed by atoms with Crippen LogP contribution >= 0.6 is 0 Å². The molecule has 0 aliphatic rings. The van der Waals surface area contributed by atoms with Crippen LogP contribution in [0.1, 0.15) is 43.2 Å². The number of carbonyl (C=O) groups excluding carboxylic acids is 1. The zero-order valence-electron chi connectivity index (χ0n) is 11.5. The smallest absolute Gasteiger partial charge is 0.224 e. The number of nitrogens with zero attached hydrogens (tertiary/aromatic N) is 1. The van der Waals surface area contributed by atoms with E-state index in [1.807, 2.05) is 13.8 Å². The molecule has 0 spiro atoms. The Hall–Kier alpha value is -1.36. The van der Waals surface area contributed by atoms with E-state index in [1.54, 1.807) is 0 Å². The number of amides is 1. The molecule has 3 N–H and O–H groups in total. The van der Waals surface area contributed by atoms with E-state index in [2.05, 4.69) is 17.4 Å². The molecule has 0 saturated carbocycles. The van der Waals surface area contributed by atoms with E-state index >= 15 is 0 Å². The largest absolute Gasteiger partial charge is 0.361 e. The summed E-state index contributed by atoms with van der Waals surface area (Å²) in [7, 11) is 0. The van der Waals surface area contributed by atoms with Gasteiger partial charge in [0.25, 0.3) is 0 Å². The molecule has 102 valence electrons. The van der Waals surface area contributed by atoms with Gasteiger partial charge in [-0.15, -0.1) is 0 Å². The summed E-state index contributed by atoms with van der Waals surface area (Å²) < 4.78 is 5.04. The van der Waals surface area contributed by atoms with Crippen molar-refractivity contribution in [3.05, 3.63) is 17.0 Å². The average molecular weight is 253 g/mol. The Bertz CT molecular complexity index is 368. The molecule has 0 fully saturated rings. The summed E-state index contributed by atoms with van der Waals surface area (Å²) in [5.74, 6) is 0.691. The number of nitrogens with one attached hydrogen (secondary N) is 1. The lowest BCUT2D eigenvalue weighted by Gasteiger charge is -2.16. The highest BCUT2D eigenvalue weighted by Gasteiger charge is 2.15. The van der Waals surface area contributed by atoms with Gasteiger partial charge in [-0.05, 0) is 20.3 Å². The van der Waals surface area contributed by atoms with Crippen LogP contribution in [0.4, 0.5) is 0 Å². The van der Waals surface area contributed by atoms with Gasteiger partial charge in [0.2, 0.25) is 5.91 Å². The second kappa shape index (κ2) is 7.16. The first-order valence-corrected chi connectivity index (χ1v) is 6.49. The van der Waals surface area contributed by atoms with Crippen molar-refractivity contribution in [3.8, 4) is 0 Å². The fraction of sp³-hybridized carbons (Fsp3) is 0.692. The molecule has 1 unspecified atom stereocenters. The molecule has 1 aromatic heterocycles. The third-order valence-corrected chi connectivity index (χ3v) is 3.07. The van der Waals surface area contributed by atoms with Crippen LogP contribution in [0.15, 0.2) is 4.52 Å². The third-order valence-electron chi connectivity index (χ3n) is 3.07. The van der Waals surface area contributed by atoms with Gasteiger partial charge in [-0.25, -0.2) is 0 Å². The third kappa shape index (κ3) is 4.14. The van der Waals surface area contributed by atoms with Gasteiger partial charge < -0.3 is 15.6 Å². The van der Waals surface area contributed by atoms with Gasteiger partial charge in [0.05, 0.1) is 12.1 Å². The van der Waals surface area contributed by atoms with Crippen molar-refractivity contribution in [3.63, 3.8) is 0 Å². The number of aromatic nitrogens is 1. The molecule has 0 aliphatic heterocycles. The lowest BCUT2D eigenvalue weighted by Crippen LogP contribution is -2.41. The topological polar surface area (TPSA) is 81.1 Å². The number of aryl methyl sites for hydroxylation is 2. The van der Waals surface area contributed by atoms with E-state index in [0.29, 0.717) is 18.7 Å². The van der Waals surface area contributed by atoms with Gasteiger partial charge >= 0.3 is 0 Å². The van der Waals surface area contributed by atoms with Gasteiger partial charge in [-0.2, -0.15) is 0 Å². The zero-order valence-corrected chi connectivity index (χ0v) is 11.5. The summed E-state index contributed by atoms with van der Waals surface area (Å²) in [6, 6.07) is 0.0675. The zero-order chi connectivity index (χ0) is 13.5. The van der Waals surface area contributed by atoms with Gasteiger partial charge in [-0.3, -0.25) is 4.79 Å². The minimum atomic E-state index is -0.0176. The van der Waals surface area contributed by atoms with Crippen molar-refractivity contribution in [2.24, 2.45) is 5.73 Å². The second-order valence-electron chi connectivity index (χ2n) is 4.62. The Morgan fingerprint density at radius 2 is 2.22 bits per heavy atom. The summed E-state index contributed by atoms with van der Waals surface area (Å²) in [6.45, 7) is 6.27. The van der Waals surface area contributed by atoms with Gasteiger partial charge in [-0.1, -0.05) is 24.9 Å². The Balaban J connectivity index is 2.50. The second-order valence-corrected chi connectivity index (χ2v) is 4.62. The fourth-order valence-corrected chi connectivity index (χ4v) is 1.89. The first-order valence-electron chi connectivity index (χ1n) is 6.49. The number of hydrogen-bond acceptors (Lipinski definition) is 4. The standard InChI is InChI=1S/C13H23N3O2/c1-4-5-6-11(8-14)15-13(17)7-12-9(2)16-18-10(12)3/h11H,4-8,14H2,1-3H3,(H,15,17). The molecule has 0 aromatic carbocycles. The van der Waals surface area contributed by atoms with E-state index in [4.69, 9.17) is 10.3 Å². The van der Waals surface area contributed by atoms with E-state index < -0.39 is 0 Å². The number of rotatable bonds is 7. The van der Waals surface area contributed by atoms with E-state index in [0.717, 1.165) is 30.5 Å². The molecule has 0 aliphatic carbocycles. The molecular weight excluding hydrogens is 230 g/mol. The van der Waals surface area contributed by atoms with E-state index in [1.165, 1.54) is 0 Å². The highest BCUT2D eigenvalue weighted by Crippen LogP contribution is 2.12. The fourth-order valence-electron chi connectivity index (χ4n) is 1.89. The van der Waals surface area contributed by atoms with Crippen LogP contribution in [0.5, 0.6) is 0 Å². The lowest BCUT2D eigenvalue weighted by molar-refractivity contribution is -0.121. The van der Waals surface area contributed by atoms with Crippen LogP contribution in [0, 0.1) is 13.8 Å². The Morgan fingerprint density at radius 1 is 1.50 bits per heavy atom. The summed E-state index contributed by atoms with van der Waals surface area (Å²) in [5.41, 5.74) is 7.30. The maximum atomic E-state index is 11.9. The molecule has 1 amide bonds. The quantitative estimate of drug-likeness (QED) is 0.771. The highest BCUT2D eigenvalue weighted by atomic mass is 16.5. The van der Waals surface area contributed by atoms with Crippen molar-refractivity contribution in [2.75, 3.05) is 6.54 Å². The van der Waals surface area contributed by atoms with Crippen molar-refractivity contribution < 1.29 is 9.32 Å². The molecule has 0 bridgehead atoms. The molecule has 1 rings (SSSR count). The average Bonchev–Trinajstić information content (AvgIpc) is 2.66. The van der Waals surface area contributed by atoms with Crippen LogP contribution in [0.3, 0.4) is 0 Å². The van der Waals surface area contributed by atoms with Gasteiger partial charge in [0, 0.05) is 18.2 Å². The Kier molecular flexibility index (Phi) is 5.85. The summed E-state index contributed by atoms with van der Waals surface area (Å²) in [5, 5.41) is 6.80. The SMILES string of the molecule is CCCCC(CN)NC(=O)Cc1c(C)noc1C. The number of hydrogen-bond donors (Lipinski definition) is 2. The number of unbranched alkanes of at least 4 members (excludes halogenated alkanes) is 1. The van der Waals surface area contributed by atoms with Crippen LogP contribution in [-0.4, -0.2) is 23.7 Å². The summed E-state index contributed by atoms with van der Waals surface area (Å²) in [4.78, 5) is 11.9. The molecule has 5 nitrogen and oxygen atoms in total. The predicted octanol–water partition coefficient (Wildman–Crippen LogP) is 1.47. The van der Waals surface area contributed by atoms with Crippen LogP contribution < -0.4 is 11.1 Å². The maximum absolute atomic E-state index is 11.9. The molecule has 1 aromatic rings. The van der Waals surface area contributed by atoms with Crippen LogP contribution in [-0.2, 0) is 11.2 Å². The van der Waals surface area contributed by atoms with Crippen LogP contribution in [0.2, 0.25) is 0 Å². The Morgan fingerprint density at radius 3 is 2.72 bits per heavy atom. The first-order chi connectivity index (χ1) is 8.58. The summed E-state index contributed by atoms with van der Waals surface area (Å²) in [6.07, 6.45) is 3.42. The molecule has 1 atom stereocenters. The Labute approximate surface area is 108 Å². The minimum absolute atomic E-state index is 0.0176. The maximum Gasteiger partial charge on any atom is 0.224 e. The molecular formula is C13H23N3O2. The number of carbonyl (C=O) groups is 1. The summed E-state index contributed by atoms with van der Waals surface area (Å²) >= 11 is 0. The van der Waals surface area contributed by atoms with Crippen molar-refractivity contribution in [2.45, 2.75) is 52.5 Å². The minimum Gasteiger partial charge on any atom is -0.361 e. The van der Waals surface area contributed by atoms with Gasteiger partial charge in [0.15, 0.2) is 0 Å². The highest BCUT2D eigenvalue weighted by molar-refractivity contribution is 5.79. The molecule has 1 heterocycles. The van der Waals surface area contributed by atoms with Gasteiger partial charge in [0.1, 0.15) is 5.76 Å². The van der Waals surface area contributed by atoms with Crippen LogP contribution in [0.25, 0.3) is 0 Å². The lowest BCUT2D eigenvalue weighted by atomic mass is 10.1. The van der Waals surface area contributed by atoms with E-state index in [9.17, 15) is 4.79 Å².